The minimum atomic E-state index is 0.143. The first-order valence-electron chi connectivity index (χ1n) is 5.20. The molecule has 0 aromatic heterocycles. The Hall–Kier alpha value is 0.470. The van der Waals surface area contributed by atoms with Crippen LogP contribution in [0.2, 0.25) is 0 Å². The van der Waals surface area contributed by atoms with Crippen LogP contribution in [-0.4, -0.2) is 0 Å². The van der Waals surface area contributed by atoms with Gasteiger partial charge in [0.2, 0.25) is 0 Å². The van der Waals surface area contributed by atoms with Gasteiger partial charge in [0.15, 0.2) is 0 Å². The first-order valence-corrected chi connectivity index (χ1v) is 7.22. The molecule has 82 valence electrons. The fourth-order valence-electron chi connectivity index (χ4n) is 2.18. The molecule has 0 spiro atoms. The molecule has 0 nitrogen and oxygen atoms in total. The third-order valence-corrected chi connectivity index (χ3v) is 4.89. The lowest BCUT2D eigenvalue weighted by atomic mass is 10.0. The van der Waals surface area contributed by atoms with Gasteiger partial charge in [0.25, 0.3) is 0 Å². The molecule has 1 aromatic carbocycles. The van der Waals surface area contributed by atoms with E-state index in [0.29, 0.717) is 5.92 Å². The molecule has 3 heteroatoms. The van der Waals surface area contributed by atoms with E-state index in [2.05, 4.69) is 50.9 Å². The smallest absolute Gasteiger partial charge is 0.0602 e. The van der Waals surface area contributed by atoms with Crippen LogP contribution >= 0.6 is 43.5 Å². The summed E-state index contributed by atoms with van der Waals surface area (Å²) in [5.41, 5.74) is 2.67. The molecule has 0 bridgehead atoms. The molecular weight excluding hydrogens is 339 g/mol. The predicted molar refractivity (Wildman–Crippen MR) is 72.5 cm³/mol. The second kappa shape index (κ2) is 4.77. The maximum atomic E-state index is 6.47. The lowest BCUT2D eigenvalue weighted by molar-refractivity contribution is 0.503. The lowest BCUT2D eigenvalue weighted by Crippen LogP contribution is -1.97. The molecular formula is C12H13Br2Cl. The minimum Gasteiger partial charge on any atom is -0.118 e. The van der Waals surface area contributed by atoms with Crippen LogP contribution in [0.25, 0.3) is 0 Å². The van der Waals surface area contributed by atoms with Gasteiger partial charge in [0, 0.05) is 8.95 Å². The zero-order valence-electron chi connectivity index (χ0n) is 8.56. The molecule has 15 heavy (non-hydrogen) atoms. The topological polar surface area (TPSA) is 0 Å². The van der Waals surface area contributed by atoms with Crippen LogP contribution in [-0.2, 0) is 6.42 Å². The van der Waals surface area contributed by atoms with Gasteiger partial charge in [-0.3, -0.25) is 0 Å². The number of hydrogen-bond acceptors (Lipinski definition) is 0. The van der Waals surface area contributed by atoms with Crippen LogP contribution in [0.4, 0.5) is 0 Å². The number of fused-ring (bicyclic) bond motifs is 1. The fraction of sp³-hybridized carbons (Fsp3) is 0.500. The van der Waals surface area contributed by atoms with Gasteiger partial charge in [-0.15, -0.1) is 11.6 Å². The summed E-state index contributed by atoms with van der Waals surface area (Å²) in [5, 5.41) is 0.143. The average molecular weight is 352 g/mol. The van der Waals surface area contributed by atoms with E-state index in [9.17, 15) is 0 Å². The van der Waals surface area contributed by atoms with Gasteiger partial charge in [-0.1, -0.05) is 38.8 Å². The summed E-state index contributed by atoms with van der Waals surface area (Å²) in [6.07, 6.45) is 3.43. The van der Waals surface area contributed by atoms with Gasteiger partial charge >= 0.3 is 0 Å². The molecule has 0 amide bonds. The number of halogens is 3. The van der Waals surface area contributed by atoms with Crippen molar-refractivity contribution in [2.45, 2.75) is 31.6 Å². The molecule has 2 unspecified atom stereocenters. The van der Waals surface area contributed by atoms with Crippen molar-refractivity contribution in [1.82, 2.24) is 0 Å². The summed E-state index contributed by atoms with van der Waals surface area (Å²) in [6, 6.07) is 4.18. The third kappa shape index (κ3) is 2.42. The highest BCUT2D eigenvalue weighted by Gasteiger charge is 2.24. The van der Waals surface area contributed by atoms with Crippen LogP contribution in [0, 0.1) is 5.92 Å². The number of hydrogen-bond donors (Lipinski definition) is 0. The van der Waals surface area contributed by atoms with Crippen LogP contribution in [0.5, 0.6) is 0 Å². The molecule has 0 N–H and O–H groups in total. The molecule has 1 aliphatic rings. The van der Waals surface area contributed by atoms with Gasteiger partial charge in [-0.2, -0.15) is 0 Å². The molecule has 1 aromatic rings. The maximum Gasteiger partial charge on any atom is 0.0602 e. The highest BCUT2D eigenvalue weighted by atomic mass is 79.9. The SMILES string of the molecule is CC1CCc2c(Br)ccc(Br)c2C(Cl)C1. The number of alkyl halides is 1. The molecule has 0 saturated heterocycles. The molecule has 0 heterocycles. The molecule has 0 radical (unpaired) electrons. The normalized spacial score (nSPS) is 25.9. The Morgan fingerprint density at radius 3 is 2.67 bits per heavy atom. The maximum absolute atomic E-state index is 6.47. The summed E-state index contributed by atoms with van der Waals surface area (Å²) in [5.74, 6) is 0.707. The van der Waals surface area contributed by atoms with Crippen molar-refractivity contribution >= 4 is 43.5 Å². The van der Waals surface area contributed by atoms with E-state index in [0.717, 1.165) is 17.3 Å². The second-order valence-electron chi connectivity index (χ2n) is 4.27. The summed E-state index contributed by atoms with van der Waals surface area (Å²) >= 11 is 13.7. The van der Waals surface area contributed by atoms with Crippen molar-refractivity contribution in [2.24, 2.45) is 5.92 Å². The highest BCUT2D eigenvalue weighted by Crippen LogP contribution is 2.42. The third-order valence-electron chi connectivity index (χ3n) is 3.06. The molecule has 2 atom stereocenters. The first kappa shape index (κ1) is 11.9. The minimum absolute atomic E-state index is 0.143. The molecule has 2 rings (SSSR count). The van der Waals surface area contributed by atoms with E-state index in [1.54, 1.807) is 0 Å². The number of rotatable bonds is 0. The van der Waals surface area contributed by atoms with Crippen molar-refractivity contribution in [3.8, 4) is 0 Å². The summed E-state index contributed by atoms with van der Waals surface area (Å²) in [7, 11) is 0. The Balaban J connectivity index is 2.52. The van der Waals surface area contributed by atoms with Gasteiger partial charge in [0.05, 0.1) is 5.38 Å². The Bertz CT molecular complexity index is 376. The Morgan fingerprint density at radius 2 is 1.93 bits per heavy atom. The second-order valence-corrected chi connectivity index (χ2v) is 6.50. The zero-order valence-corrected chi connectivity index (χ0v) is 12.5. The first-order chi connectivity index (χ1) is 7.09. The van der Waals surface area contributed by atoms with E-state index in [-0.39, 0.29) is 5.38 Å². The monoisotopic (exact) mass is 350 g/mol. The molecule has 0 saturated carbocycles. The predicted octanol–water partition coefficient (Wildman–Crippen LogP) is 5.46. The Labute approximate surface area is 113 Å². The summed E-state index contributed by atoms with van der Waals surface area (Å²) in [6.45, 7) is 2.28. The van der Waals surface area contributed by atoms with Crippen LogP contribution in [0.3, 0.4) is 0 Å². The van der Waals surface area contributed by atoms with Gasteiger partial charge < -0.3 is 0 Å². The van der Waals surface area contributed by atoms with E-state index < -0.39 is 0 Å². The standard InChI is InChI=1S/C12H13Br2Cl/c1-7-2-3-8-9(13)4-5-10(14)12(8)11(15)6-7/h4-5,7,11H,2-3,6H2,1H3. The van der Waals surface area contributed by atoms with E-state index in [1.807, 2.05) is 0 Å². The largest absolute Gasteiger partial charge is 0.118 e. The molecule has 0 aliphatic heterocycles. The molecule has 0 fully saturated rings. The number of benzene rings is 1. The van der Waals surface area contributed by atoms with Gasteiger partial charge in [-0.05, 0) is 48.4 Å². The van der Waals surface area contributed by atoms with Gasteiger partial charge in [0.1, 0.15) is 0 Å². The van der Waals surface area contributed by atoms with Crippen LogP contribution < -0.4 is 0 Å². The van der Waals surface area contributed by atoms with Crippen molar-refractivity contribution in [3.05, 3.63) is 32.2 Å². The van der Waals surface area contributed by atoms with Crippen LogP contribution in [0.15, 0.2) is 21.1 Å². The van der Waals surface area contributed by atoms with Crippen molar-refractivity contribution in [3.63, 3.8) is 0 Å². The average Bonchev–Trinajstić information content (AvgIpc) is 2.32. The van der Waals surface area contributed by atoms with Gasteiger partial charge in [-0.25, -0.2) is 0 Å². The Morgan fingerprint density at radius 1 is 1.27 bits per heavy atom. The summed E-state index contributed by atoms with van der Waals surface area (Å²) < 4.78 is 2.34. The van der Waals surface area contributed by atoms with Crippen LogP contribution in [0.1, 0.15) is 36.3 Å². The van der Waals surface area contributed by atoms with Crippen molar-refractivity contribution in [2.75, 3.05) is 0 Å². The van der Waals surface area contributed by atoms with Crippen molar-refractivity contribution in [1.29, 1.82) is 0 Å². The zero-order chi connectivity index (χ0) is 11.0. The lowest BCUT2D eigenvalue weighted by Gasteiger charge is -2.15. The van der Waals surface area contributed by atoms with E-state index in [1.165, 1.54) is 22.0 Å². The fourth-order valence-corrected chi connectivity index (χ4v) is 4.06. The molecule has 1 aliphatic carbocycles. The van der Waals surface area contributed by atoms with E-state index >= 15 is 0 Å². The van der Waals surface area contributed by atoms with Crippen molar-refractivity contribution < 1.29 is 0 Å². The van der Waals surface area contributed by atoms with E-state index in [4.69, 9.17) is 11.6 Å². The highest BCUT2D eigenvalue weighted by molar-refractivity contribution is 9.11. The summed E-state index contributed by atoms with van der Waals surface area (Å²) in [4.78, 5) is 0. The Kier molecular flexibility index (Phi) is 3.79. The quantitative estimate of drug-likeness (QED) is 0.429.